The van der Waals surface area contributed by atoms with Gasteiger partial charge in [-0.25, -0.2) is 4.39 Å². The van der Waals surface area contributed by atoms with E-state index in [4.69, 9.17) is 10.3 Å². The van der Waals surface area contributed by atoms with Crippen LogP contribution in [0.25, 0.3) is 0 Å². The predicted molar refractivity (Wildman–Crippen MR) is 65.3 cm³/mol. The molecule has 1 aromatic heterocycles. The van der Waals surface area contributed by atoms with Crippen molar-refractivity contribution < 1.29 is 8.91 Å². The Morgan fingerprint density at radius 2 is 2.17 bits per heavy atom. The van der Waals surface area contributed by atoms with Crippen molar-refractivity contribution in [3.05, 3.63) is 47.4 Å². The standard InChI is InChI=1S/C13H16FN3O/c1-2-5-11(15)13-16-12(17-18-13)8-9-6-3-4-7-10(9)14/h3-4,6-7,11H,2,5,8,15H2,1H3/t11-/m1/s1. The summed E-state index contributed by atoms with van der Waals surface area (Å²) in [7, 11) is 0. The van der Waals surface area contributed by atoms with Crippen molar-refractivity contribution >= 4 is 0 Å². The van der Waals surface area contributed by atoms with E-state index in [1.54, 1.807) is 18.2 Å². The Morgan fingerprint density at radius 1 is 1.39 bits per heavy atom. The minimum Gasteiger partial charge on any atom is -0.338 e. The molecule has 5 heteroatoms. The maximum Gasteiger partial charge on any atom is 0.243 e. The third kappa shape index (κ3) is 2.92. The molecule has 18 heavy (non-hydrogen) atoms. The second-order valence-corrected chi connectivity index (χ2v) is 4.21. The van der Waals surface area contributed by atoms with Crippen LogP contribution in [0.5, 0.6) is 0 Å². The summed E-state index contributed by atoms with van der Waals surface area (Å²) in [6.45, 7) is 2.04. The normalized spacial score (nSPS) is 12.6. The van der Waals surface area contributed by atoms with Crippen LogP contribution in [0.1, 0.15) is 43.1 Å². The number of hydrogen-bond acceptors (Lipinski definition) is 4. The molecule has 4 nitrogen and oxygen atoms in total. The monoisotopic (exact) mass is 249 g/mol. The molecule has 0 aliphatic carbocycles. The van der Waals surface area contributed by atoms with E-state index < -0.39 is 0 Å². The van der Waals surface area contributed by atoms with Gasteiger partial charge >= 0.3 is 0 Å². The molecular formula is C13H16FN3O. The van der Waals surface area contributed by atoms with Crippen LogP contribution in [0.3, 0.4) is 0 Å². The lowest BCUT2D eigenvalue weighted by Crippen LogP contribution is -2.10. The Bertz CT molecular complexity index is 512. The van der Waals surface area contributed by atoms with Crippen molar-refractivity contribution in [3.8, 4) is 0 Å². The Kier molecular flexibility index (Phi) is 4.04. The van der Waals surface area contributed by atoms with Gasteiger partial charge in [-0.3, -0.25) is 0 Å². The van der Waals surface area contributed by atoms with Crippen LogP contribution in [0, 0.1) is 5.82 Å². The molecule has 2 N–H and O–H groups in total. The van der Waals surface area contributed by atoms with E-state index in [-0.39, 0.29) is 11.9 Å². The minimum atomic E-state index is -0.262. The Morgan fingerprint density at radius 3 is 2.89 bits per heavy atom. The molecule has 0 radical (unpaired) electrons. The van der Waals surface area contributed by atoms with E-state index in [1.165, 1.54) is 6.07 Å². The topological polar surface area (TPSA) is 64.9 Å². The molecule has 0 bridgehead atoms. The maximum atomic E-state index is 13.5. The average molecular weight is 249 g/mol. The zero-order chi connectivity index (χ0) is 13.0. The van der Waals surface area contributed by atoms with Crippen LogP contribution < -0.4 is 5.73 Å². The molecule has 0 fully saturated rings. The van der Waals surface area contributed by atoms with Gasteiger partial charge in [-0.15, -0.1) is 0 Å². The van der Waals surface area contributed by atoms with Crippen LogP contribution in [-0.4, -0.2) is 10.1 Å². The first kappa shape index (κ1) is 12.7. The Labute approximate surface area is 105 Å². The first-order valence-electron chi connectivity index (χ1n) is 6.02. The van der Waals surface area contributed by atoms with Crippen LogP contribution in [-0.2, 0) is 6.42 Å². The van der Waals surface area contributed by atoms with E-state index in [0.29, 0.717) is 23.7 Å². The molecule has 1 atom stereocenters. The second kappa shape index (κ2) is 5.73. The zero-order valence-corrected chi connectivity index (χ0v) is 10.3. The summed E-state index contributed by atoms with van der Waals surface area (Å²) in [5.41, 5.74) is 6.42. The quantitative estimate of drug-likeness (QED) is 0.884. The smallest absolute Gasteiger partial charge is 0.243 e. The third-order valence-electron chi connectivity index (χ3n) is 2.71. The van der Waals surface area contributed by atoms with Crippen molar-refractivity contribution in [2.75, 3.05) is 0 Å². The third-order valence-corrected chi connectivity index (χ3v) is 2.71. The number of hydrogen-bond donors (Lipinski definition) is 1. The molecule has 0 saturated carbocycles. The van der Waals surface area contributed by atoms with Crippen molar-refractivity contribution in [2.24, 2.45) is 5.73 Å². The average Bonchev–Trinajstić information content (AvgIpc) is 2.81. The van der Waals surface area contributed by atoms with Gasteiger partial charge in [-0.1, -0.05) is 36.7 Å². The highest BCUT2D eigenvalue weighted by molar-refractivity contribution is 5.20. The fourth-order valence-electron chi connectivity index (χ4n) is 1.74. The minimum absolute atomic E-state index is 0.239. The molecule has 0 aliphatic heterocycles. The highest BCUT2D eigenvalue weighted by Crippen LogP contribution is 2.15. The maximum absolute atomic E-state index is 13.5. The summed E-state index contributed by atoms with van der Waals surface area (Å²) in [5, 5.41) is 3.82. The van der Waals surface area contributed by atoms with Crippen LogP contribution in [0.2, 0.25) is 0 Å². The van der Waals surface area contributed by atoms with Gasteiger partial charge in [0.05, 0.1) is 6.04 Å². The van der Waals surface area contributed by atoms with Crippen LogP contribution >= 0.6 is 0 Å². The molecular weight excluding hydrogens is 233 g/mol. The molecule has 0 saturated heterocycles. The van der Waals surface area contributed by atoms with Gasteiger partial charge in [-0.2, -0.15) is 4.98 Å². The van der Waals surface area contributed by atoms with Gasteiger partial charge < -0.3 is 10.3 Å². The molecule has 1 aromatic carbocycles. The fourth-order valence-corrected chi connectivity index (χ4v) is 1.74. The first-order chi connectivity index (χ1) is 8.70. The number of nitrogens with zero attached hydrogens (tertiary/aromatic N) is 2. The van der Waals surface area contributed by atoms with Gasteiger partial charge in [0.25, 0.3) is 0 Å². The molecule has 0 unspecified atom stereocenters. The van der Waals surface area contributed by atoms with E-state index in [0.717, 1.165) is 12.8 Å². The largest absolute Gasteiger partial charge is 0.338 e. The lowest BCUT2D eigenvalue weighted by Gasteiger charge is -2.02. The van der Waals surface area contributed by atoms with Gasteiger partial charge in [0.1, 0.15) is 5.82 Å². The van der Waals surface area contributed by atoms with Crippen molar-refractivity contribution in [2.45, 2.75) is 32.2 Å². The summed E-state index contributed by atoms with van der Waals surface area (Å²) in [6.07, 6.45) is 2.06. The Hall–Kier alpha value is -1.75. The zero-order valence-electron chi connectivity index (χ0n) is 10.3. The molecule has 0 amide bonds. The summed E-state index contributed by atoms with van der Waals surface area (Å²) in [6, 6.07) is 6.31. The lowest BCUT2D eigenvalue weighted by atomic mass is 10.1. The molecule has 96 valence electrons. The number of benzene rings is 1. The second-order valence-electron chi connectivity index (χ2n) is 4.21. The lowest BCUT2D eigenvalue weighted by molar-refractivity contribution is 0.344. The summed E-state index contributed by atoms with van der Waals surface area (Å²) in [5.74, 6) is 0.617. The summed E-state index contributed by atoms with van der Waals surface area (Å²) < 4.78 is 18.5. The van der Waals surface area contributed by atoms with E-state index in [1.807, 2.05) is 6.92 Å². The molecule has 0 aliphatic rings. The summed E-state index contributed by atoms with van der Waals surface area (Å²) in [4.78, 5) is 4.20. The summed E-state index contributed by atoms with van der Waals surface area (Å²) >= 11 is 0. The van der Waals surface area contributed by atoms with Crippen molar-refractivity contribution in [3.63, 3.8) is 0 Å². The van der Waals surface area contributed by atoms with Gasteiger partial charge in [0.15, 0.2) is 5.82 Å². The number of nitrogens with two attached hydrogens (primary N) is 1. The number of rotatable bonds is 5. The number of halogens is 1. The number of aromatic nitrogens is 2. The Balaban J connectivity index is 2.09. The highest BCUT2D eigenvalue weighted by Gasteiger charge is 2.14. The van der Waals surface area contributed by atoms with E-state index in [2.05, 4.69) is 10.1 Å². The molecule has 0 spiro atoms. The van der Waals surface area contributed by atoms with Crippen LogP contribution in [0.4, 0.5) is 4.39 Å². The van der Waals surface area contributed by atoms with Crippen molar-refractivity contribution in [1.29, 1.82) is 0 Å². The van der Waals surface area contributed by atoms with Crippen LogP contribution in [0.15, 0.2) is 28.8 Å². The molecule has 2 rings (SSSR count). The van der Waals surface area contributed by atoms with Gasteiger partial charge in [0.2, 0.25) is 5.89 Å². The SMILES string of the molecule is CCC[C@@H](N)c1nc(Cc2ccccc2F)no1. The van der Waals surface area contributed by atoms with Gasteiger partial charge in [0, 0.05) is 6.42 Å². The van der Waals surface area contributed by atoms with E-state index in [9.17, 15) is 4.39 Å². The molecule has 1 heterocycles. The van der Waals surface area contributed by atoms with Crippen molar-refractivity contribution in [1.82, 2.24) is 10.1 Å². The van der Waals surface area contributed by atoms with Gasteiger partial charge in [-0.05, 0) is 18.1 Å². The molecule has 2 aromatic rings. The highest BCUT2D eigenvalue weighted by atomic mass is 19.1. The first-order valence-corrected chi connectivity index (χ1v) is 6.02. The fraction of sp³-hybridized carbons (Fsp3) is 0.385. The van der Waals surface area contributed by atoms with E-state index >= 15 is 0 Å². The predicted octanol–water partition coefficient (Wildman–Crippen LogP) is 2.60.